The molecule has 0 bridgehead atoms. The zero-order chi connectivity index (χ0) is 45.6. The van der Waals surface area contributed by atoms with Gasteiger partial charge in [0.2, 0.25) is 27.8 Å². The van der Waals surface area contributed by atoms with Crippen molar-refractivity contribution in [2.24, 2.45) is 0 Å². The van der Waals surface area contributed by atoms with Crippen LogP contribution in [-0.2, 0) is 24.3 Å². The number of aromatic nitrogens is 2. The van der Waals surface area contributed by atoms with Crippen LogP contribution in [0.3, 0.4) is 0 Å². The fourth-order valence-electron chi connectivity index (χ4n) is 5.70. The summed E-state index contributed by atoms with van der Waals surface area (Å²) in [6, 6.07) is 5.56. The highest BCUT2D eigenvalue weighted by molar-refractivity contribution is 7.92. The van der Waals surface area contributed by atoms with Crippen molar-refractivity contribution in [3.8, 4) is 11.3 Å². The summed E-state index contributed by atoms with van der Waals surface area (Å²) in [4.78, 5) is 33.5. The zero-order valence-corrected chi connectivity index (χ0v) is 37.9. The minimum absolute atomic E-state index is 0.0600. The number of nitrogens with zero attached hydrogens (tertiary/aromatic N) is 3. The number of benzene rings is 1. The lowest BCUT2D eigenvalue weighted by molar-refractivity contribution is -0.123. The summed E-state index contributed by atoms with van der Waals surface area (Å²) in [5, 5.41) is 26.8. The van der Waals surface area contributed by atoms with Gasteiger partial charge in [0.1, 0.15) is 5.82 Å². The number of hydrogen-bond acceptors (Lipinski definition) is 9. The van der Waals surface area contributed by atoms with Crippen molar-refractivity contribution >= 4 is 33.9 Å². The number of aliphatic hydroxyl groups excluding tert-OH is 2. The Morgan fingerprint density at radius 2 is 1.32 bits per heavy atom. The molecule has 2 rings (SSSR count). The summed E-state index contributed by atoms with van der Waals surface area (Å²) in [7, 11) is -2.35. The Balaban J connectivity index is 1.65. The SMILES string of the molecule is CCC=CCC=CCC=CCC=CCC=CCC=CCCC(=O)NCCOCCNC(=O)C[C@H](O)C[C@H](O)/C=C/c1c(-c2ccc(F)cc2)nc(N(C)S(C)(=O)=O)nc1C(C)C. The first kappa shape index (κ1) is 53.1. The number of halogens is 1. The van der Waals surface area contributed by atoms with Gasteiger partial charge in [0.05, 0.1) is 49.5 Å². The van der Waals surface area contributed by atoms with Gasteiger partial charge in [-0.3, -0.25) is 9.59 Å². The predicted octanol–water partition coefficient (Wildman–Crippen LogP) is 8.04. The number of amides is 2. The number of ether oxygens (including phenoxy) is 1. The van der Waals surface area contributed by atoms with Crippen molar-refractivity contribution < 1.29 is 37.3 Å². The monoisotopic (exact) mass is 877 g/mol. The summed E-state index contributed by atoms with van der Waals surface area (Å²) in [5.74, 6) is -1.19. The molecule has 14 heteroatoms. The van der Waals surface area contributed by atoms with E-state index in [4.69, 9.17) is 4.74 Å². The van der Waals surface area contributed by atoms with Crippen molar-refractivity contribution in [2.45, 2.75) is 103 Å². The lowest BCUT2D eigenvalue weighted by Crippen LogP contribution is -2.32. The summed E-state index contributed by atoms with van der Waals surface area (Å²) in [5.41, 5.74) is 1.82. The second-order valence-corrected chi connectivity index (χ2v) is 16.9. The van der Waals surface area contributed by atoms with E-state index in [0.717, 1.165) is 49.1 Å². The predicted molar refractivity (Wildman–Crippen MR) is 249 cm³/mol. The highest BCUT2D eigenvalue weighted by atomic mass is 32.2. The van der Waals surface area contributed by atoms with Crippen LogP contribution in [0.1, 0.15) is 102 Å². The minimum atomic E-state index is -3.69. The third-order valence-corrected chi connectivity index (χ3v) is 10.3. The Hall–Kier alpha value is -5.02. The van der Waals surface area contributed by atoms with Crippen LogP contribution in [0.15, 0.2) is 103 Å². The van der Waals surface area contributed by atoms with Crippen LogP contribution in [0, 0.1) is 5.82 Å². The van der Waals surface area contributed by atoms with Crippen molar-refractivity contribution in [1.29, 1.82) is 0 Å². The van der Waals surface area contributed by atoms with Gasteiger partial charge in [-0.1, -0.05) is 106 Å². The number of carbonyl (C=O) groups is 2. The maximum atomic E-state index is 13.8. The second kappa shape index (κ2) is 30.9. The fraction of sp³-hybridized carbons (Fsp3) is 0.458. The lowest BCUT2D eigenvalue weighted by atomic mass is 9.97. The number of carbonyl (C=O) groups excluding carboxylic acids is 2. The number of sulfonamides is 1. The lowest BCUT2D eigenvalue weighted by Gasteiger charge is -2.20. The van der Waals surface area contributed by atoms with Crippen LogP contribution in [0.5, 0.6) is 0 Å². The number of rotatable bonds is 30. The van der Waals surface area contributed by atoms with E-state index in [1.807, 2.05) is 19.9 Å². The van der Waals surface area contributed by atoms with Crippen LogP contribution in [0.4, 0.5) is 10.3 Å². The normalized spacial score (nSPS) is 13.6. The Labute approximate surface area is 369 Å². The Bertz CT molecular complexity index is 1960. The molecule has 1 heterocycles. The van der Waals surface area contributed by atoms with E-state index < -0.39 is 34.0 Å². The first-order valence-corrected chi connectivity index (χ1v) is 23.2. The van der Waals surface area contributed by atoms with Gasteiger partial charge in [0.15, 0.2) is 0 Å². The number of aliphatic hydroxyl groups is 2. The topological polar surface area (TPSA) is 171 Å². The van der Waals surface area contributed by atoms with Gasteiger partial charge in [0, 0.05) is 44.1 Å². The molecule has 0 fully saturated rings. The fourth-order valence-corrected chi connectivity index (χ4v) is 6.08. The molecule has 0 saturated carbocycles. The van der Waals surface area contributed by atoms with Gasteiger partial charge in [-0.25, -0.2) is 27.1 Å². The highest BCUT2D eigenvalue weighted by Gasteiger charge is 2.23. The van der Waals surface area contributed by atoms with Crippen molar-refractivity contribution in [1.82, 2.24) is 20.6 Å². The quantitative estimate of drug-likeness (QED) is 0.0448. The molecule has 0 radical (unpaired) electrons. The van der Waals surface area contributed by atoms with Gasteiger partial charge in [-0.05, 0) is 75.1 Å². The molecule has 4 N–H and O–H groups in total. The van der Waals surface area contributed by atoms with Crippen molar-refractivity contribution in [2.75, 3.05) is 43.9 Å². The maximum Gasteiger partial charge on any atom is 0.239 e. The largest absolute Gasteiger partial charge is 0.392 e. The summed E-state index contributed by atoms with van der Waals surface area (Å²) < 4.78 is 44.8. The van der Waals surface area contributed by atoms with Crippen molar-refractivity contribution in [3.05, 3.63) is 120 Å². The first-order chi connectivity index (χ1) is 29.7. The number of allylic oxidation sites excluding steroid dienone is 12. The van der Waals surface area contributed by atoms with Gasteiger partial charge < -0.3 is 25.6 Å². The molecule has 0 aliphatic heterocycles. The molecule has 0 aliphatic carbocycles. The first-order valence-electron chi connectivity index (χ1n) is 21.4. The standard InChI is InChI=1S/C48H68FN5O7S/c1-6-7-8-9-10-11-12-13-14-15-16-17-18-19-20-21-22-23-24-25-44(57)50-32-34-61-35-33-51-45(58)37-42(56)36-41(55)30-31-43-46(38(2)3)52-48(54(4)62(5,59)60)53-47(43)39-26-28-40(49)29-27-39/h7-8,10-11,13-14,16-17,19-20,22-23,26-31,38,41-42,55-56H,6,9,12,15,18,21,24-25,32-37H2,1-5H3,(H,50,57)(H,51,58)/b8-7?,11-10?,14-13?,17-16?,20-19?,23-22?,31-30+/t41-,42-/m1/s1. The van der Waals surface area contributed by atoms with Gasteiger partial charge in [-0.2, -0.15) is 0 Å². The third kappa shape index (κ3) is 23.3. The van der Waals surface area contributed by atoms with Gasteiger partial charge in [-0.15, -0.1) is 0 Å². The number of hydrogen-bond donors (Lipinski definition) is 4. The summed E-state index contributed by atoms with van der Waals surface area (Å²) in [6.45, 7) is 6.94. The molecule has 62 heavy (non-hydrogen) atoms. The van der Waals surface area contributed by atoms with Crippen molar-refractivity contribution in [3.63, 3.8) is 0 Å². The van der Waals surface area contributed by atoms with E-state index in [1.165, 1.54) is 37.4 Å². The molecule has 12 nitrogen and oxygen atoms in total. The number of anilines is 1. The van der Waals surface area contributed by atoms with E-state index in [9.17, 15) is 32.6 Å². The Morgan fingerprint density at radius 1 is 0.806 bits per heavy atom. The van der Waals surface area contributed by atoms with E-state index in [0.29, 0.717) is 41.9 Å². The smallest absolute Gasteiger partial charge is 0.239 e. The Kier molecular flexibility index (Phi) is 26.5. The molecule has 2 atom stereocenters. The molecule has 1 aromatic carbocycles. The second-order valence-electron chi connectivity index (χ2n) is 14.8. The van der Waals surface area contributed by atoms with E-state index in [1.54, 1.807) is 6.08 Å². The van der Waals surface area contributed by atoms with Crippen LogP contribution in [0.25, 0.3) is 17.3 Å². The summed E-state index contributed by atoms with van der Waals surface area (Å²) in [6.07, 6.45) is 33.8. The maximum absolute atomic E-state index is 13.8. The van der Waals surface area contributed by atoms with Crippen LogP contribution < -0.4 is 14.9 Å². The third-order valence-electron chi connectivity index (χ3n) is 9.10. The zero-order valence-electron chi connectivity index (χ0n) is 37.1. The molecule has 0 saturated heterocycles. The van der Waals surface area contributed by atoms with Crippen LogP contribution in [-0.4, -0.2) is 92.2 Å². The molecular weight excluding hydrogens is 810 g/mol. The van der Waals surface area contributed by atoms with E-state index >= 15 is 0 Å². The van der Waals surface area contributed by atoms with Gasteiger partial charge in [0.25, 0.3) is 0 Å². The molecular formula is C48H68FN5O7S. The van der Waals surface area contributed by atoms with Gasteiger partial charge >= 0.3 is 0 Å². The molecule has 340 valence electrons. The average molecular weight is 878 g/mol. The average Bonchev–Trinajstić information content (AvgIpc) is 3.22. The number of nitrogens with one attached hydrogen (secondary N) is 2. The minimum Gasteiger partial charge on any atom is -0.392 e. The molecule has 2 aromatic rings. The summed E-state index contributed by atoms with van der Waals surface area (Å²) >= 11 is 0. The molecule has 0 aliphatic rings. The highest BCUT2D eigenvalue weighted by Crippen LogP contribution is 2.32. The Morgan fingerprint density at radius 3 is 1.84 bits per heavy atom. The molecule has 1 aromatic heterocycles. The molecule has 0 unspecified atom stereocenters. The molecule has 0 spiro atoms. The van der Waals surface area contributed by atoms with Crippen LogP contribution in [0.2, 0.25) is 0 Å². The molecule has 2 amide bonds. The van der Waals surface area contributed by atoms with E-state index in [-0.39, 0.29) is 50.4 Å². The van der Waals surface area contributed by atoms with E-state index in [2.05, 4.69) is 94.4 Å². The van der Waals surface area contributed by atoms with Crippen LogP contribution >= 0.6 is 0 Å².